The third kappa shape index (κ3) is 2.99. The lowest BCUT2D eigenvalue weighted by molar-refractivity contribution is 0.0526. The van der Waals surface area contributed by atoms with Gasteiger partial charge in [0.05, 0.1) is 12.2 Å². The van der Waals surface area contributed by atoms with Crippen molar-refractivity contribution in [2.75, 3.05) is 6.61 Å². The van der Waals surface area contributed by atoms with Crippen molar-refractivity contribution >= 4 is 27.9 Å². The molecular weight excluding hydrogens is 372 g/mol. The molecular formula is C21H12N4O4. The molecule has 0 unspecified atom stereocenters. The molecule has 0 radical (unpaired) electrons. The van der Waals surface area contributed by atoms with Crippen LogP contribution in [0.5, 0.6) is 0 Å². The Morgan fingerprint density at radius 1 is 0.966 bits per heavy atom. The molecule has 0 amide bonds. The maximum atomic E-state index is 12.0. The van der Waals surface area contributed by atoms with E-state index in [0.29, 0.717) is 21.9 Å². The molecule has 0 saturated heterocycles. The van der Waals surface area contributed by atoms with Crippen LogP contribution >= 0.6 is 0 Å². The number of carbonyl (C=O) groups excluding carboxylic acids is 1. The minimum Gasteiger partial charge on any atom is -0.462 e. The molecule has 8 nitrogen and oxygen atoms in total. The zero-order valence-electron chi connectivity index (χ0n) is 15.2. The van der Waals surface area contributed by atoms with Crippen LogP contribution in [0.1, 0.15) is 17.3 Å². The second kappa shape index (κ2) is 7.29. The van der Waals surface area contributed by atoms with Crippen LogP contribution in [0.3, 0.4) is 0 Å². The lowest BCUT2D eigenvalue weighted by Crippen LogP contribution is -2.17. The second-order valence-electron chi connectivity index (χ2n) is 5.91. The van der Waals surface area contributed by atoms with Gasteiger partial charge in [0.2, 0.25) is 12.4 Å². The average molecular weight is 384 g/mol. The molecule has 4 rings (SSSR count). The van der Waals surface area contributed by atoms with E-state index in [-0.39, 0.29) is 33.7 Å². The molecule has 0 bridgehead atoms. The van der Waals surface area contributed by atoms with Gasteiger partial charge in [0, 0.05) is 10.8 Å². The van der Waals surface area contributed by atoms with Crippen molar-refractivity contribution in [1.82, 2.24) is 0 Å². The van der Waals surface area contributed by atoms with E-state index in [9.17, 15) is 10.1 Å². The Kier molecular flexibility index (Phi) is 4.52. The Hall–Kier alpha value is -4.43. The van der Waals surface area contributed by atoms with Crippen LogP contribution < -0.4 is 10.7 Å². The van der Waals surface area contributed by atoms with Crippen molar-refractivity contribution in [3.8, 4) is 12.4 Å². The van der Waals surface area contributed by atoms with Crippen molar-refractivity contribution < 1.29 is 18.4 Å². The van der Waals surface area contributed by atoms with E-state index in [0.717, 1.165) is 0 Å². The van der Waals surface area contributed by atoms with Crippen molar-refractivity contribution in [2.45, 2.75) is 6.92 Å². The van der Waals surface area contributed by atoms with E-state index >= 15 is 0 Å². The van der Waals surface area contributed by atoms with Gasteiger partial charge in [-0.3, -0.25) is 0 Å². The predicted octanol–water partition coefficient (Wildman–Crippen LogP) is 2.84. The lowest BCUT2D eigenvalue weighted by atomic mass is 10.1. The first-order valence-electron chi connectivity index (χ1n) is 8.63. The van der Waals surface area contributed by atoms with Crippen LogP contribution in [0, 0.1) is 33.7 Å². The van der Waals surface area contributed by atoms with Crippen LogP contribution in [0.2, 0.25) is 0 Å². The van der Waals surface area contributed by atoms with E-state index in [1.54, 1.807) is 55.7 Å². The lowest BCUT2D eigenvalue weighted by Gasteiger charge is -2.05. The van der Waals surface area contributed by atoms with Gasteiger partial charge in [-0.25, -0.2) is 4.79 Å². The summed E-state index contributed by atoms with van der Waals surface area (Å²) in [5.74, 6) is -0.495. The van der Waals surface area contributed by atoms with Gasteiger partial charge >= 0.3 is 5.97 Å². The maximum Gasteiger partial charge on any atom is 0.338 e. The number of hydrogen-bond acceptors (Lipinski definition) is 8. The molecule has 0 saturated carbocycles. The van der Waals surface area contributed by atoms with Crippen LogP contribution in [0.4, 0.5) is 0 Å². The van der Waals surface area contributed by atoms with Crippen LogP contribution in [0.25, 0.3) is 21.9 Å². The van der Waals surface area contributed by atoms with Gasteiger partial charge < -0.3 is 13.6 Å². The van der Waals surface area contributed by atoms with Crippen molar-refractivity contribution in [1.29, 1.82) is 10.5 Å². The summed E-state index contributed by atoms with van der Waals surface area (Å²) in [5.41, 5.74) is 1.20. The number of rotatable bonds is 2. The summed E-state index contributed by atoms with van der Waals surface area (Å²) in [6.45, 7) is 1.96. The molecule has 0 fully saturated rings. The fourth-order valence-corrected chi connectivity index (χ4v) is 3.10. The molecule has 0 aromatic heterocycles. The summed E-state index contributed by atoms with van der Waals surface area (Å²) in [7, 11) is 0. The van der Waals surface area contributed by atoms with E-state index in [1.165, 1.54) is 6.07 Å². The number of hydrogen-bond donors (Lipinski definition) is 0. The number of carbonyl (C=O) groups is 1. The number of esters is 1. The van der Waals surface area contributed by atoms with Gasteiger partial charge in [0.1, 0.15) is 10.7 Å². The summed E-state index contributed by atoms with van der Waals surface area (Å²) >= 11 is 0. The first kappa shape index (κ1) is 18.0. The Balaban J connectivity index is 2.25. The monoisotopic (exact) mass is 384 g/mol. The molecule has 29 heavy (non-hydrogen) atoms. The topological polar surface area (TPSA) is 125 Å². The van der Waals surface area contributed by atoms with Crippen LogP contribution in [-0.2, 0) is 4.74 Å². The predicted molar refractivity (Wildman–Crippen MR) is 99.6 cm³/mol. The summed E-state index contributed by atoms with van der Waals surface area (Å²) in [5, 5.41) is 20.0. The SMILES string of the molecule is CCOC(=O)c1ccc2oc3c(=NC#N)c4ccccc4c(=NC#N)c=3oc2c1. The third-order valence-corrected chi connectivity index (χ3v) is 4.28. The van der Waals surface area contributed by atoms with Gasteiger partial charge in [-0.15, -0.1) is 0 Å². The fourth-order valence-electron chi connectivity index (χ4n) is 3.10. The summed E-state index contributed by atoms with van der Waals surface area (Å²) < 4.78 is 16.9. The summed E-state index contributed by atoms with van der Waals surface area (Å²) in [4.78, 5) is 19.8. The number of ether oxygens (including phenoxy) is 1. The quantitative estimate of drug-likeness (QED) is 0.386. The molecule has 140 valence electrons. The Bertz CT molecular complexity index is 1570. The van der Waals surface area contributed by atoms with Crippen LogP contribution in [-0.4, -0.2) is 12.6 Å². The molecule has 8 heteroatoms. The summed E-state index contributed by atoms with van der Waals surface area (Å²) in [6, 6.07) is 11.7. The van der Waals surface area contributed by atoms with Crippen molar-refractivity contribution in [3.63, 3.8) is 0 Å². The highest BCUT2D eigenvalue weighted by Crippen LogP contribution is 2.18. The fraction of sp³-hybridized carbons (Fsp3) is 0.0952. The maximum absolute atomic E-state index is 12.0. The number of nitrogens with zero attached hydrogens (tertiary/aromatic N) is 4. The number of benzene rings is 2. The van der Waals surface area contributed by atoms with Gasteiger partial charge in [0.15, 0.2) is 22.0 Å². The highest BCUT2D eigenvalue weighted by atomic mass is 16.5. The Morgan fingerprint density at radius 2 is 1.55 bits per heavy atom. The minimum absolute atomic E-state index is 0.146. The zero-order valence-corrected chi connectivity index (χ0v) is 15.2. The zero-order chi connectivity index (χ0) is 20.4. The van der Waals surface area contributed by atoms with Gasteiger partial charge in [-0.1, -0.05) is 24.3 Å². The first-order valence-corrected chi connectivity index (χ1v) is 8.63. The number of nitriles is 2. The minimum atomic E-state index is -0.495. The average Bonchev–Trinajstić information content (AvgIpc) is 2.74. The molecule has 2 aromatic carbocycles. The highest BCUT2D eigenvalue weighted by Gasteiger charge is 2.13. The Morgan fingerprint density at radius 3 is 2.10 bits per heavy atom. The van der Waals surface area contributed by atoms with E-state index in [2.05, 4.69) is 9.98 Å². The molecule has 0 spiro atoms. The van der Waals surface area contributed by atoms with E-state index in [1.807, 2.05) is 0 Å². The largest absolute Gasteiger partial charge is 0.462 e. The first-order chi connectivity index (χ1) is 14.2. The van der Waals surface area contributed by atoms with E-state index < -0.39 is 5.97 Å². The van der Waals surface area contributed by atoms with E-state index in [4.69, 9.17) is 18.8 Å². The molecule has 1 heterocycles. The van der Waals surface area contributed by atoms with Gasteiger partial charge in [0.25, 0.3) is 0 Å². The molecule has 1 aliphatic carbocycles. The summed E-state index contributed by atoms with van der Waals surface area (Å²) in [6.07, 6.45) is 3.54. The molecule has 1 aliphatic heterocycles. The normalized spacial score (nSPS) is 12.2. The third-order valence-electron chi connectivity index (χ3n) is 4.28. The molecule has 2 aliphatic rings. The smallest absolute Gasteiger partial charge is 0.338 e. The van der Waals surface area contributed by atoms with Crippen molar-refractivity contribution in [2.24, 2.45) is 9.98 Å². The standard InChI is InChI=1S/C21H12N4O4/c1-2-27-21(26)12-7-8-15-16(9-12)29-20-18(25-11-23)14-6-4-3-5-13(14)17(24-10-22)19(20)28-15/h3-9H,2H2,1H3. The molecule has 0 atom stereocenters. The Labute approximate surface area is 162 Å². The van der Waals surface area contributed by atoms with Gasteiger partial charge in [-0.05, 0) is 25.1 Å². The van der Waals surface area contributed by atoms with Gasteiger partial charge in [-0.2, -0.15) is 20.5 Å². The van der Waals surface area contributed by atoms with Crippen LogP contribution in [0.15, 0.2) is 61.3 Å². The number of fused-ring (bicyclic) bond motifs is 2. The second-order valence-corrected chi connectivity index (χ2v) is 5.91. The highest BCUT2D eigenvalue weighted by molar-refractivity contribution is 5.92. The van der Waals surface area contributed by atoms with Crippen molar-refractivity contribution in [3.05, 3.63) is 69.6 Å². The molecule has 0 N–H and O–H groups in total. The molecule has 2 aromatic rings.